The molecule has 0 bridgehead atoms. The zero-order chi connectivity index (χ0) is 32.3. The molecule has 0 atom stereocenters. The van der Waals surface area contributed by atoms with Gasteiger partial charge in [0.1, 0.15) is 5.75 Å². The number of rotatable bonds is 8. The number of anilines is 2. The van der Waals surface area contributed by atoms with Crippen molar-refractivity contribution in [3.63, 3.8) is 0 Å². The molecule has 6 rings (SSSR count). The molecule has 246 valence electrons. The number of fused-ring (bicyclic) bond motifs is 1. The lowest BCUT2D eigenvalue weighted by Gasteiger charge is -2.56. The summed E-state index contributed by atoms with van der Waals surface area (Å²) >= 11 is 1.32. The van der Waals surface area contributed by atoms with Gasteiger partial charge in [-0.1, -0.05) is 24.0 Å². The van der Waals surface area contributed by atoms with Crippen LogP contribution in [0.15, 0.2) is 36.4 Å². The topological polar surface area (TPSA) is 74.9 Å². The van der Waals surface area contributed by atoms with Gasteiger partial charge in [0, 0.05) is 56.4 Å². The Morgan fingerprint density at radius 3 is 2.57 bits per heavy atom. The van der Waals surface area contributed by atoms with E-state index in [4.69, 9.17) is 9.47 Å². The first-order valence-electron chi connectivity index (χ1n) is 16.0. The summed E-state index contributed by atoms with van der Waals surface area (Å²) in [6.07, 6.45) is 1.31. The number of carbonyl (C=O) groups excluding carboxylic acids is 1. The molecule has 1 aliphatic carbocycles. The number of ether oxygens (including phenoxy) is 2. The molecule has 2 aliphatic heterocycles. The van der Waals surface area contributed by atoms with Crippen LogP contribution in [0, 0.1) is 17.3 Å². The van der Waals surface area contributed by atoms with Crippen molar-refractivity contribution in [2.45, 2.75) is 63.2 Å². The predicted molar refractivity (Wildman–Crippen MR) is 177 cm³/mol. The molecule has 46 heavy (non-hydrogen) atoms. The number of hydrogen-bond donors (Lipinski definition) is 3. The second-order valence-electron chi connectivity index (χ2n) is 12.7. The van der Waals surface area contributed by atoms with Crippen molar-refractivity contribution in [1.29, 1.82) is 0 Å². The standard InChI is InChI=1S/C35H41F3N4O3S/c1-39-33(43)23-8-13-28(30(19-23)44-2)40-16-4-7-31-27(20-35(36,37)38)26-5-3-6-29(32(26)46-31)41-24-9-11-25(12-10-24)42-21-34(22-42)14-17-45-18-15-34/h3,5-6,8,13,19,24-25,40-41H,9-12,14-18,20-22H2,1-2H3,(H,39,43). The van der Waals surface area contributed by atoms with Gasteiger partial charge in [0.05, 0.1) is 41.0 Å². The Morgan fingerprint density at radius 1 is 1.11 bits per heavy atom. The number of halogens is 3. The maximum atomic E-state index is 13.7. The molecule has 1 aromatic heterocycles. The number of methoxy groups -OCH3 is 1. The van der Waals surface area contributed by atoms with Crippen molar-refractivity contribution in [2.75, 3.05) is 57.6 Å². The number of carbonyl (C=O) groups is 1. The smallest absolute Gasteiger partial charge is 0.393 e. The molecule has 3 heterocycles. The lowest BCUT2D eigenvalue weighted by atomic mass is 9.71. The largest absolute Gasteiger partial charge is 0.495 e. The van der Waals surface area contributed by atoms with Gasteiger partial charge in [0.25, 0.3) is 5.91 Å². The fourth-order valence-electron chi connectivity index (χ4n) is 7.15. The van der Waals surface area contributed by atoms with Gasteiger partial charge in [-0.05, 0) is 73.7 Å². The first kappa shape index (κ1) is 32.5. The molecule has 0 unspecified atom stereocenters. The highest BCUT2D eigenvalue weighted by Gasteiger charge is 2.46. The van der Waals surface area contributed by atoms with Crippen molar-refractivity contribution in [3.8, 4) is 17.6 Å². The highest BCUT2D eigenvalue weighted by molar-refractivity contribution is 7.20. The van der Waals surface area contributed by atoms with Crippen molar-refractivity contribution in [3.05, 3.63) is 52.4 Å². The minimum atomic E-state index is -4.36. The third-order valence-corrected chi connectivity index (χ3v) is 10.9. The number of amides is 1. The number of thiophene rings is 1. The van der Waals surface area contributed by atoms with Crippen LogP contribution in [0.4, 0.5) is 24.5 Å². The average Bonchev–Trinajstić information content (AvgIpc) is 3.38. The number of hydrogen-bond acceptors (Lipinski definition) is 7. The van der Waals surface area contributed by atoms with E-state index < -0.39 is 12.6 Å². The molecule has 0 radical (unpaired) electrons. The Bertz CT molecular complexity index is 1610. The molecule has 3 aromatic rings. The molecular weight excluding hydrogens is 613 g/mol. The van der Waals surface area contributed by atoms with E-state index in [1.165, 1.54) is 44.4 Å². The third kappa shape index (κ3) is 7.24. The highest BCUT2D eigenvalue weighted by Crippen LogP contribution is 2.44. The Kier molecular flexibility index (Phi) is 9.69. The van der Waals surface area contributed by atoms with Crippen LogP contribution in [0.5, 0.6) is 5.75 Å². The molecular formula is C35H41F3N4O3S. The molecule has 7 nitrogen and oxygen atoms in total. The van der Waals surface area contributed by atoms with Gasteiger partial charge in [-0.15, -0.1) is 11.3 Å². The van der Waals surface area contributed by atoms with Crippen LogP contribution in [-0.2, 0) is 11.2 Å². The molecule has 11 heteroatoms. The number of benzene rings is 2. The molecule has 1 saturated carbocycles. The van der Waals surface area contributed by atoms with Crippen LogP contribution in [-0.4, -0.2) is 76.1 Å². The summed E-state index contributed by atoms with van der Waals surface area (Å²) in [5.74, 6) is 6.26. The van der Waals surface area contributed by atoms with Gasteiger partial charge in [-0.2, -0.15) is 13.2 Å². The fourth-order valence-corrected chi connectivity index (χ4v) is 8.32. The molecule has 3 fully saturated rings. The van der Waals surface area contributed by atoms with Crippen molar-refractivity contribution >= 4 is 38.7 Å². The highest BCUT2D eigenvalue weighted by atomic mass is 32.1. The Labute approximate surface area is 272 Å². The van der Waals surface area contributed by atoms with E-state index in [9.17, 15) is 18.0 Å². The summed E-state index contributed by atoms with van der Waals surface area (Å²) in [5, 5.41) is 10.0. The summed E-state index contributed by atoms with van der Waals surface area (Å²) in [6.45, 7) is 4.34. The molecule has 2 aromatic carbocycles. The second kappa shape index (κ2) is 13.7. The summed E-state index contributed by atoms with van der Waals surface area (Å²) in [4.78, 5) is 15.0. The SMILES string of the molecule is CNC(=O)c1ccc(NCC#Cc2sc3c(NC4CCC(N5CC6(CCOCC6)C5)CC4)cccc3c2CC(F)(F)F)c(OC)c1. The summed E-state index contributed by atoms with van der Waals surface area (Å²) < 4.78 is 53.0. The van der Waals surface area contributed by atoms with Crippen LogP contribution in [0.3, 0.4) is 0 Å². The number of nitrogens with one attached hydrogen (secondary N) is 3. The lowest BCUT2D eigenvalue weighted by Crippen LogP contribution is -2.62. The van der Waals surface area contributed by atoms with Gasteiger partial charge in [-0.25, -0.2) is 0 Å². The number of likely N-dealkylation sites (tertiary alicyclic amines) is 1. The monoisotopic (exact) mass is 654 g/mol. The zero-order valence-electron chi connectivity index (χ0n) is 26.3. The summed E-state index contributed by atoms with van der Waals surface area (Å²) in [6, 6.07) is 11.5. The van der Waals surface area contributed by atoms with Gasteiger partial charge in [-0.3, -0.25) is 9.69 Å². The van der Waals surface area contributed by atoms with E-state index in [0.29, 0.717) is 38.7 Å². The molecule has 1 amide bonds. The van der Waals surface area contributed by atoms with Crippen LogP contribution in [0.1, 0.15) is 59.3 Å². The second-order valence-corrected chi connectivity index (χ2v) is 13.7. The van der Waals surface area contributed by atoms with Gasteiger partial charge >= 0.3 is 6.18 Å². The van der Waals surface area contributed by atoms with E-state index in [1.807, 2.05) is 12.1 Å². The maximum Gasteiger partial charge on any atom is 0.393 e. The first-order valence-corrected chi connectivity index (χ1v) is 16.8. The van der Waals surface area contributed by atoms with E-state index in [-0.39, 0.29) is 24.1 Å². The molecule has 1 spiro atoms. The Balaban J connectivity index is 1.13. The predicted octanol–water partition coefficient (Wildman–Crippen LogP) is 6.67. The van der Waals surface area contributed by atoms with E-state index in [0.717, 1.165) is 49.3 Å². The van der Waals surface area contributed by atoms with Crippen molar-refractivity contribution in [2.24, 2.45) is 5.41 Å². The minimum Gasteiger partial charge on any atom is -0.495 e. The van der Waals surface area contributed by atoms with E-state index in [2.05, 4.69) is 32.7 Å². The van der Waals surface area contributed by atoms with Gasteiger partial charge in [0.15, 0.2) is 0 Å². The summed E-state index contributed by atoms with van der Waals surface area (Å²) in [5.41, 5.74) is 2.66. The fraction of sp³-hybridized carbons (Fsp3) is 0.514. The van der Waals surface area contributed by atoms with Crippen molar-refractivity contribution < 1.29 is 27.4 Å². The third-order valence-electron chi connectivity index (χ3n) is 9.66. The number of nitrogens with zero attached hydrogens (tertiary/aromatic N) is 1. The molecule has 3 aliphatic rings. The van der Waals surface area contributed by atoms with Crippen LogP contribution in [0.2, 0.25) is 0 Å². The maximum absolute atomic E-state index is 13.7. The molecule has 3 N–H and O–H groups in total. The van der Waals surface area contributed by atoms with Crippen LogP contribution in [0.25, 0.3) is 10.1 Å². The van der Waals surface area contributed by atoms with Crippen LogP contribution >= 0.6 is 11.3 Å². The minimum absolute atomic E-state index is 0.190. The molecule has 2 saturated heterocycles. The van der Waals surface area contributed by atoms with E-state index >= 15 is 0 Å². The van der Waals surface area contributed by atoms with Gasteiger partial charge in [0.2, 0.25) is 0 Å². The zero-order valence-corrected chi connectivity index (χ0v) is 27.1. The average molecular weight is 655 g/mol. The Morgan fingerprint density at radius 2 is 1.87 bits per heavy atom. The first-order chi connectivity index (χ1) is 22.2. The van der Waals surface area contributed by atoms with Crippen molar-refractivity contribution in [1.82, 2.24) is 10.2 Å². The lowest BCUT2D eigenvalue weighted by molar-refractivity contribution is -0.126. The normalized spacial score (nSPS) is 21.2. The number of alkyl halides is 3. The summed E-state index contributed by atoms with van der Waals surface area (Å²) in [7, 11) is 3.06. The Hall–Kier alpha value is -3.46. The van der Waals surface area contributed by atoms with Crippen LogP contribution < -0.4 is 20.7 Å². The van der Waals surface area contributed by atoms with Gasteiger partial charge < -0.3 is 25.4 Å². The quantitative estimate of drug-likeness (QED) is 0.236. The van der Waals surface area contributed by atoms with E-state index in [1.54, 1.807) is 31.3 Å².